The van der Waals surface area contributed by atoms with Crippen molar-refractivity contribution < 1.29 is 4.79 Å². The molecule has 20 heavy (non-hydrogen) atoms. The molecule has 0 radical (unpaired) electrons. The van der Waals surface area contributed by atoms with Crippen LogP contribution in [0.2, 0.25) is 0 Å². The molecule has 1 heterocycles. The first-order valence-electron chi connectivity index (χ1n) is 7.08. The Morgan fingerprint density at radius 2 is 2.05 bits per heavy atom. The van der Waals surface area contributed by atoms with Gasteiger partial charge in [-0.05, 0) is 25.5 Å². The van der Waals surface area contributed by atoms with Gasteiger partial charge in [-0.3, -0.25) is 4.79 Å². The van der Waals surface area contributed by atoms with Crippen molar-refractivity contribution in [2.45, 2.75) is 20.3 Å². The summed E-state index contributed by atoms with van der Waals surface area (Å²) in [4.78, 5) is 19.1. The first-order chi connectivity index (χ1) is 9.71. The van der Waals surface area contributed by atoms with Gasteiger partial charge in [0.1, 0.15) is 5.82 Å². The Hall–Kier alpha value is -2.10. The van der Waals surface area contributed by atoms with Gasteiger partial charge in [0.2, 0.25) is 0 Å². The summed E-state index contributed by atoms with van der Waals surface area (Å²) >= 11 is 0. The van der Waals surface area contributed by atoms with E-state index in [1.54, 1.807) is 0 Å². The summed E-state index contributed by atoms with van der Waals surface area (Å²) in [7, 11) is 1.81. The highest BCUT2D eigenvalue weighted by molar-refractivity contribution is 6.06. The molecule has 0 spiro atoms. The molecule has 0 fully saturated rings. The predicted molar refractivity (Wildman–Crippen MR) is 83.2 cm³/mol. The molecule has 0 atom stereocenters. The topological polar surface area (TPSA) is 45.2 Å². The Bertz CT molecular complexity index is 610. The Balaban J connectivity index is 2.54. The molecule has 4 nitrogen and oxygen atoms in total. The number of aromatic nitrogens is 1. The fourth-order valence-electron chi connectivity index (χ4n) is 2.32. The van der Waals surface area contributed by atoms with Gasteiger partial charge in [0, 0.05) is 25.5 Å². The molecule has 0 bridgehead atoms. The molecular weight excluding hydrogens is 250 g/mol. The Morgan fingerprint density at radius 1 is 1.30 bits per heavy atom. The molecule has 4 heteroatoms. The molecule has 1 N–H and O–H groups in total. The van der Waals surface area contributed by atoms with Crippen molar-refractivity contribution in [1.82, 2.24) is 9.88 Å². The molecule has 0 aliphatic rings. The molecular formula is C16H21N3O. The molecule has 1 amide bonds. The lowest BCUT2D eigenvalue weighted by Crippen LogP contribution is -2.31. The quantitative estimate of drug-likeness (QED) is 0.908. The summed E-state index contributed by atoms with van der Waals surface area (Å²) < 4.78 is 0. The van der Waals surface area contributed by atoms with Crippen LogP contribution >= 0.6 is 0 Å². The van der Waals surface area contributed by atoms with E-state index in [0.717, 1.165) is 41.8 Å². The average Bonchev–Trinajstić information content (AvgIpc) is 2.50. The van der Waals surface area contributed by atoms with Crippen LogP contribution in [0.4, 0.5) is 5.82 Å². The second-order valence-corrected chi connectivity index (χ2v) is 4.71. The standard InChI is InChI=1S/C16H21N3O/c1-4-10-19(5-2)16(20)13-11-15(17-3)18-14-9-7-6-8-12(13)14/h6-9,11H,4-5,10H2,1-3H3,(H,17,18). The van der Waals surface area contributed by atoms with Crippen molar-refractivity contribution in [2.75, 3.05) is 25.5 Å². The van der Waals surface area contributed by atoms with Gasteiger partial charge >= 0.3 is 0 Å². The minimum Gasteiger partial charge on any atom is -0.373 e. The second-order valence-electron chi connectivity index (χ2n) is 4.71. The highest BCUT2D eigenvalue weighted by Crippen LogP contribution is 2.22. The smallest absolute Gasteiger partial charge is 0.254 e. The number of amides is 1. The number of carbonyl (C=O) groups excluding carboxylic acids is 1. The summed E-state index contributed by atoms with van der Waals surface area (Å²) in [6.45, 7) is 5.59. The lowest BCUT2D eigenvalue weighted by Gasteiger charge is -2.21. The normalized spacial score (nSPS) is 10.6. The Morgan fingerprint density at radius 3 is 2.70 bits per heavy atom. The van der Waals surface area contributed by atoms with Crippen LogP contribution in [0.15, 0.2) is 30.3 Å². The number of nitrogens with zero attached hydrogens (tertiary/aromatic N) is 2. The molecule has 0 aliphatic carbocycles. The van der Waals surface area contributed by atoms with Gasteiger partial charge in [-0.25, -0.2) is 4.98 Å². The summed E-state index contributed by atoms with van der Waals surface area (Å²) in [6.07, 6.45) is 0.960. The number of hydrogen-bond acceptors (Lipinski definition) is 3. The monoisotopic (exact) mass is 271 g/mol. The SMILES string of the molecule is CCCN(CC)C(=O)c1cc(NC)nc2ccccc12. The van der Waals surface area contributed by atoms with Crippen LogP contribution in [-0.4, -0.2) is 35.9 Å². The molecule has 1 aromatic carbocycles. The highest BCUT2D eigenvalue weighted by Gasteiger charge is 2.17. The van der Waals surface area contributed by atoms with Crippen LogP contribution < -0.4 is 5.32 Å². The van der Waals surface area contributed by atoms with E-state index >= 15 is 0 Å². The molecule has 106 valence electrons. The number of para-hydroxylation sites is 1. The number of carbonyl (C=O) groups is 1. The fourth-order valence-corrected chi connectivity index (χ4v) is 2.32. The summed E-state index contributed by atoms with van der Waals surface area (Å²) in [5.74, 6) is 0.795. The Labute approximate surface area is 119 Å². The van der Waals surface area contributed by atoms with Crippen molar-refractivity contribution >= 4 is 22.6 Å². The van der Waals surface area contributed by atoms with Crippen LogP contribution in [0.5, 0.6) is 0 Å². The van der Waals surface area contributed by atoms with Gasteiger partial charge in [0.05, 0.1) is 11.1 Å². The number of pyridine rings is 1. The number of hydrogen-bond donors (Lipinski definition) is 1. The van der Waals surface area contributed by atoms with E-state index < -0.39 is 0 Å². The van der Waals surface area contributed by atoms with Crippen molar-refractivity contribution in [3.63, 3.8) is 0 Å². The van der Waals surface area contributed by atoms with Crippen molar-refractivity contribution in [3.8, 4) is 0 Å². The minimum absolute atomic E-state index is 0.0736. The van der Waals surface area contributed by atoms with E-state index in [9.17, 15) is 4.79 Å². The van der Waals surface area contributed by atoms with Crippen molar-refractivity contribution in [3.05, 3.63) is 35.9 Å². The van der Waals surface area contributed by atoms with Gasteiger partial charge in [0.25, 0.3) is 5.91 Å². The maximum atomic E-state index is 12.7. The van der Waals surface area contributed by atoms with E-state index in [4.69, 9.17) is 0 Å². The number of benzene rings is 1. The molecule has 0 saturated carbocycles. The molecule has 0 saturated heterocycles. The third-order valence-electron chi connectivity index (χ3n) is 3.37. The fraction of sp³-hybridized carbons (Fsp3) is 0.375. The molecule has 2 rings (SSSR count). The maximum absolute atomic E-state index is 12.7. The molecule has 2 aromatic rings. The lowest BCUT2D eigenvalue weighted by atomic mass is 10.1. The number of anilines is 1. The molecule has 1 aromatic heterocycles. The van der Waals surface area contributed by atoms with Crippen molar-refractivity contribution in [2.24, 2.45) is 0 Å². The minimum atomic E-state index is 0.0736. The van der Waals surface area contributed by atoms with Crippen LogP contribution in [0.3, 0.4) is 0 Å². The summed E-state index contributed by atoms with van der Waals surface area (Å²) in [5.41, 5.74) is 1.56. The van der Waals surface area contributed by atoms with Gasteiger partial charge in [0.15, 0.2) is 0 Å². The number of fused-ring (bicyclic) bond motifs is 1. The maximum Gasteiger partial charge on any atom is 0.254 e. The molecule has 0 unspecified atom stereocenters. The largest absolute Gasteiger partial charge is 0.373 e. The van der Waals surface area contributed by atoms with Crippen LogP contribution in [-0.2, 0) is 0 Å². The number of rotatable bonds is 5. The lowest BCUT2D eigenvalue weighted by molar-refractivity contribution is 0.0766. The highest BCUT2D eigenvalue weighted by atomic mass is 16.2. The van der Waals surface area contributed by atoms with E-state index in [0.29, 0.717) is 0 Å². The third kappa shape index (κ3) is 2.74. The van der Waals surface area contributed by atoms with Gasteiger partial charge < -0.3 is 10.2 Å². The third-order valence-corrected chi connectivity index (χ3v) is 3.37. The first-order valence-corrected chi connectivity index (χ1v) is 7.08. The van der Waals surface area contributed by atoms with Gasteiger partial charge in [-0.15, -0.1) is 0 Å². The predicted octanol–water partition coefficient (Wildman–Crippen LogP) is 3.15. The zero-order valence-corrected chi connectivity index (χ0v) is 12.3. The second kappa shape index (κ2) is 6.37. The number of nitrogens with one attached hydrogen (secondary N) is 1. The van der Waals surface area contributed by atoms with E-state index in [2.05, 4.69) is 17.2 Å². The molecule has 0 aliphatic heterocycles. The van der Waals surface area contributed by atoms with Crippen LogP contribution in [0.1, 0.15) is 30.6 Å². The van der Waals surface area contributed by atoms with E-state index in [-0.39, 0.29) is 5.91 Å². The van der Waals surface area contributed by atoms with Crippen molar-refractivity contribution in [1.29, 1.82) is 0 Å². The summed E-state index contributed by atoms with van der Waals surface area (Å²) in [5, 5.41) is 3.93. The van der Waals surface area contributed by atoms with Crippen LogP contribution in [0, 0.1) is 0 Å². The first kappa shape index (κ1) is 14.3. The van der Waals surface area contributed by atoms with E-state index in [1.807, 2.05) is 49.2 Å². The Kier molecular flexibility index (Phi) is 4.56. The average molecular weight is 271 g/mol. The van der Waals surface area contributed by atoms with Gasteiger partial charge in [-0.1, -0.05) is 25.1 Å². The van der Waals surface area contributed by atoms with Gasteiger partial charge in [-0.2, -0.15) is 0 Å². The van der Waals surface area contributed by atoms with Crippen LogP contribution in [0.25, 0.3) is 10.9 Å². The van der Waals surface area contributed by atoms with E-state index in [1.165, 1.54) is 0 Å². The zero-order valence-electron chi connectivity index (χ0n) is 12.3. The zero-order chi connectivity index (χ0) is 14.5. The summed E-state index contributed by atoms with van der Waals surface area (Å²) in [6, 6.07) is 9.60.